The zero-order chi connectivity index (χ0) is 13.9. The second-order valence-electron chi connectivity index (χ2n) is 5.56. The van der Waals surface area contributed by atoms with E-state index in [1.165, 1.54) is 5.56 Å². The number of hydrogen-bond donors (Lipinski definition) is 1. The first-order chi connectivity index (χ1) is 9.76. The van der Waals surface area contributed by atoms with Crippen LogP contribution in [0.15, 0.2) is 42.7 Å². The Kier molecular flexibility index (Phi) is 3.79. The molecule has 3 heteroatoms. The monoisotopic (exact) mass is 271 g/mol. The fraction of sp³-hybridized carbons (Fsp3) is 0.412. The average molecular weight is 271 g/mol. The molecule has 0 radical (unpaired) electrons. The molecule has 1 saturated carbocycles. The lowest BCUT2D eigenvalue weighted by Crippen LogP contribution is -2.00. The molecule has 0 bridgehead atoms. The molecule has 106 valence electrons. The van der Waals surface area contributed by atoms with E-state index in [1.807, 2.05) is 18.2 Å². The first-order valence-corrected chi connectivity index (χ1v) is 7.23. The van der Waals surface area contributed by atoms with Crippen LogP contribution in [0.4, 0.5) is 0 Å². The molecule has 1 aromatic heterocycles. The van der Waals surface area contributed by atoms with Gasteiger partial charge in [0.1, 0.15) is 5.75 Å². The third kappa shape index (κ3) is 3.05. The highest BCUT2D eigenvalue weighted by atomic mass is 16.5. The molecule has 1 aliphatic rings. The van der Waals surface area contributed by atoms with Gasteiger partial charge in [-0.1, -0.05) is 12.1 Å². The minimum atomic E-state index is -0.266. The van der Waals surface area contributed by atoms with Gasteiger partial charge in [0.05, 0.1) is 13.2 Å². The van der Waals surface area contributed by atoms with Gasteiger partial charge in [0, 0.05) is 18.9 Å². The smallest absolute Gasteiger partial charge is 0.118 e. The molecule has 0 spiro atoms. The molecule has 0 saturated heterocycles. The number of benzene rings is 1. The molecule has 1 aromatic carbocycles. The molecule has 1 heterocycles. The summed E-state index contributed by atoms with van der Waals surface area (Å²) in [6.07, 6.45) is 7.18. The van der Waals surface area contributed by atoms with Gasteiger partial charge >= 0.3 is 0 Å². The highest BCUT2D eigenvalue weighted by Crippen LogP contribution is 2.40. The standard InChI is InChI=1S/C17H21NO2/c1-20-16-6-2-13(3-7-16)8-10-18-11-9-15(12-18)17(19)14-4-5-14/h2-3,6-7,9,11-12,14,17,19H,4-5,8,10H2,1H3. The van der Waals surface area contributed by atoms with Gasteiger partial charge in [-0.2, -0.15) is 0 Å². The van der Waals surface area contributed by atoms with E-state index in [0.717, 1.165) is 37.1 Å². The van der Waals surface area contributed by atoms with Crippen molar-refractivity contribution in [1.29, 1.82) is 0 Å². The molecule has 1 aliphatic carbocycles. The number of aryl methyl sites for hydroxylation is 2. The van der Waals surface area contributed by atoms with Gasteiger partial charge in [0.2, 0.25) is 0 Å². The number of nitrogens with zero attached hydrogens (tertiary/aromatic N) is 1. The maximum absolute atomic E-state index is 10.1. The molecule has 1 N–H and O–H groups in total. The predicted octanol–water partition coefficient (Wildman–Crippen LogP) is 3.18. The van der Waals surface area contributed by atoms with Crippen molar-refractivity contribution in [2.24, 2.45) is 5.92 Å². The van der Waals surface area contributed by atoms with Gasteiger partial charge in [-0.15, -0.1) is 0 Å². The third-order valence-electron chi connectivity index (χ3n) is 4.00. The van der Waals surface area contributed by atoms with Crippen molar-refractivity contribution in [3.63, 3.8) is 0 Å². The largest absolute Gasteiger partial charge is 0.497 e. The van der Waals surface area contributed by atoms with Crippen LogP contribution in [0.1, 0.15) is 30.1 Å². The summed E-state index contributed by atoms with van der Waals surface area (Å²) in [5, 5.41) is 10.1. The molecule has 3 nitrogen and oxygen atoms in total. The molecule has 2 aromatic rings. The van der Waals surface area contributed by atoms with E-state index in [0.29, 0.717) is 5.92 Å². The number of methoxy groups -OCH3 is 1. The molecule has 1 atom stereocenters. The van der Waals surface area contributed by atoms with Gasteiger partial charge in [-0.05, 0) is 54.5 Å². The van der Waals surface area contributed by atoms with Crippen LogP contribution < -0.4 is 4.74 Å². The van der Waals surface area contributed by atoms with Crippen LogP contribution in [0.2, 0.25) is 0 Å². The SMILES string of the molecule is COc1ccc(CCn2ccc(C(O)C3CC3)c2)cc1. The maximum Gasteiger partial charge on any atom is 0.118 e. The van der Waals surface area contributed by atoms with Crippen molar-refractivity contribution in [2.45, 2.75) is 31.9 Å². The van der Waals surface area contributed by atoms with Crippen molar-refractivity contribution in [2.75, 3.05) is 7.11 Å². The lowest BCUT2D eigenvalue weighted by atomic mass is 10.1. The zero-order valence-electron chi connectivity index (χ0n) is 11.8. The maximum atomic E-state index is 10.1. The number of aromatic nitrogens is 1. The Bertz CT molecular complexity index is 555. The summed E-state index contributed by atoms with van der Waals surface area (Å²) in [7, 11) is 1.68. The van der Waals surface area contributed by atoms with E-state index in [4.69, 9.17) is 4.74 Å². The third-order valence-corrected chi connectivity index (χ3v) is 4.00. The fourth-order valence-corrected chi connectivity index (χ4v) is 2.51. The van der Waals surface area contributed by atoms with Crippen molar-refractivity contribution in [3.8, 4) is 5.75 Å². The van der Waals surface area contributed by atoms with E-state index < -0.39 is 0 Å². The van der Waals surface area contributed by atoms with Crippen LogP contribution in [0, 0.1) is 5.92 Å². The molecule has 1 unspecified atom stereocenters. The number of aliphatic hydroxyl groups excluding tert-OH is 1. The summed E-state index contributed by atoms with van der Waals surface area (Å²) in [6, 6.07) is 10.2. The summed E-state index contributed by atoms with van der Waals surface area (Å²) < 4.78 is 7.31. The Hall–Kier alpha value is -1.74. The Morgan fingerprint density at radius 3 is 2.65 bits per heavy atom. The van der Waals surface area contributed by atoms with E-state index in [-0.39, 0.29) is 6.10 Å². The van der Waals surface area contributed by atoms with Crippen LogP contribution in [-0.2, 0) is 13.0 Å². The number of hydrogen-bond acceptors (Lipinski definition) is 2. The minimum Gasteiger partial charge on any atom is -0.497 e. The first-order valence-electron chi connectivity index (χ1n) is 7.23. The van der Waals surface area contributed by atoms with Crippen LogP contribution >= 0.6 is 0 Å². The Labute approximate surface area is 119 Å². The molecular formula is C17H21NO2. The summed E-state index contributed by atoms with van der Waals surface area (Å²) in [4.78, 5) is 0. The Morgan fingerprint density at radius 2 is 2.00 bits per heavy atom. The average Bonchev–Trinajstić information content (AvgIpc) is 3.23. The highest BCUT2D eigenvalue weighted by Gasteiger charge is 2.31. The second kappa shape index (κ2) is 5.71. The van der Waals surface area contributed by atoms with Crippen LogP contribution in [0.25, 0.3) is 0 Å². The van der Waals surface area contributed by atoms with Gasteiger partial charge in [-0.25, -0.2) is 0 Å². The van der Waals surface area contributed by atoms with Gasteiger partial charge in [0.25, 0.3) is 0 Å². The second-order valence-corrected chi connectivity index (χ2v) is 5.56. The lowest BCUT2D eigenvalue weighted by Gasteiger charge is -2.07. The van der Waals surface area contributed by atoms with E-state index in [9.17, 15) is 5.11 Å². The molecule has 20 heavy (non-hydrogen) atoms. The number of rotatable bonds is 6. The van der Waals surface area contributed by atoms with Crippen molar-refractivity contribution in [3.05, 3.63) is 53.9 Å². The van der Waals surface area contributed by atoms with Gasteiger partial charge < -0.3 is 14.4 Å². The van der Waals surface area contributed by atoms with Crippen molar-refractivity contribution < 1.29 is 9.84 Å². The van der Waals surface area contributed by atoms with Crippen LogP contribution in [-0.4, -0.2) is 16.8 Å². The van der Waals surface area contributed by atoms with E-state index in [1.54, 1.807) is 7.11 Å². The lowest BCUT2D eigenvalue weighted by molar-refractivity contribution is 0.154. The number of ether oxygens (including phenoxy) is 1. The van der Waals surface area contributed by atoms with E-state index in [2.05, 4.69) is 29.1 Å². The molecule has 0 amide bonds. The highest BCUT2D eigenvalue weighted by molar-refractivity contribution is 5.27. The zero-order valence-corrected chi connectivity index (χ0v) is 11.8. The normalized spacial score (nSPS) is 16.1. The molecule has 3 rings (SSSR count). The van der Waals surface area contributed by atoms with Crippen LogP contribution in [0.3, 0.4) is 0 Å². The quantitative estimate of drug-likeness (QED) is 0.875. The molecule has 0 aliphatic heterocycles. The topological polar surface area (TPSA) is 34.4 Å². The minimum absolute atomic E-state index is 0.266. The van der Waals surface area contributed by atoms with Gasteiger partial charge in [0.15, 0.2) is 0 Å². The fourth-order valence-electron chi connectivity index (χ4n) is 2.51. The van der Waals surface area contributed by atoms with Crippen molar-refractivity contribution >= 4 is 0 Å². The summed E-state index contributed by atoms with van der Waals surface area (Å²) >= 11 is 0. The Balaban J connectivity index is 1.57. The molecular weight excluding hydrogens is 250 g/mol. The van der Waals surface area contributed by atoms with Gasteiger partial charge in [-0.3, -0.25) is 0 Å². The van der Waals surface area contributed by atoms with Crippen molar-refractivity contribution in [1.82, 2.24) is 4.57 Å². The predicted molar refractivity (Wildman–Crippen MR) is 78.8 cm³/mol. The molecule has 1 fully saturated rings. The van der Waals surface area contributed by atoms with Crippen LogP contribution in [0.5, 0.6) is 5.75 Å². The summed E-state index contributed by atoms with van der Waals surface area (Å²) in [5.41, 5.74) is 2.35. The summed E-state index contributed by atoms with van der Waals surface area (Å²) in [5.74, 6) is 1.39. The first kappa shape index (κ1) is 13.3. The number of aliphatic hydroxyl groups is 1. The van der Waals surface area contributed by atoms with E-state index >= 15 is 0 Å². The summed E-state index contributed by atoms with van der Waals surface area (Å²) in [6.45, 7) is 0.934. The Morgan fingerprint density at radius 1 is 1.25 bits per heavy atom.